The van der Waals surface area contributed by atoms with Gasteiger partial charge in [0.15, 0.2) is 5.82 Å². The number of aryl methyl sites for hydroxylation is 1. The minimum absolute atomic E-state index is 0.305. The molecule has 0 aliphatic heterocycles. The molecule has 1 unspecified atom stereocenters. The summed E-state index contributed by atoms with van der Waals surface area (Å²) in [5.74, 6) is 1.99. The lowest BCUT2D eigenvalue weighted by molar-refractivity contribution is 0.302. The van der Waals surface area contributed by atoms with Crippen LogP contribution in [-0.2, 0) is 13.0 Å². The van der Waals surface area contributed by atoms with Crippen LogP contribution in [0.15, 0.2) is 34.2 Å². The molecular weight excluding hydrogens is 348 g/mol. The Morgan fingerprint density at radius 3 is 2.96 bits per heavy atom. The van der Waals surface area contributed by atoms with Gasteiger partial charge in [0.25, 0.3) is 5.89 Å². The second-order valence-electron chi connectivity index (χ2n) is 6.00. The van der Waals surface area contributed by atoms with Gasteiger partial charge in [-0.3, -0.25) is 0 Å². The summed E-state index contributed by atoms with van der Waals surface area (Å²) in [6, 6.07) is 8.15. The molecule has 0 saturated carbocycles. The molecule has 6 nitrogen and oxygen atoms in total. The first-order valence-corrected chi connectivity index (χ1v) is 9.32. The fourth-order valence-electron chi connectivity index (χ4n) is 2.30. The van der Waals surface area contributed by atoms with E-state index in [1.54, 1.807) is 11.3 Å². The van der Waals surface area contributed by atoms with Crippen LogP contribution in [0.1, 0.15) is 34.9 Å². The molecule has 0 spiro atoms. The summed E-state index contributed by atoms with van der Waals surface area (Å²) < 4.78 is 11.1. The number of hydrogen-bond donors (Lipinski definition) is 1. The normalized spacial score (nSPS) is 12.6. The monoisotopic (exact) mass is 370 g/mol. The Labute approximate surface area is 156 Å². The molecule has 0 aliphatic carbocycles. The largest absolute Gasteiger partial charge is 0.487 e. The first kappa shape index (κ1) is 18.3. The highest BCUT2D eigenvalue weighted by Gasteiger charge is 2.07. The van der Waals surface area contributed by atoms with Crippen molar-refractivity contribution in [3.8, 4) is 5.75 Å². The molecular formula is C19H22N4O2S. The zero-order valence-electron chi connectivity index (χ0n) is 15.1. The number of thiazole rings is 1. The molecule has 0 aliphatic rings. The van der Waals surface area contributed by atoms with Gasteiger partial charge < -0.3 is 14.6 Å². The van der Waals surface area contributed by atoms with Crippen LogP contribution in [0.25, 0.3) is 12.2 Å². The van der Waals surface area contributed by atoms with Crippen molar-refractivity contribution in [2.45, 2.75) is 32.9 Å². The number of nitrogens with zero attached hydrogens (tertiary/aromatic N) is 3. The Bertz CT molecular complexity index is 872. The minimum atomic E-state index is 0.305. The van der Waals surface area contributed by atoms with Crippen LogP contribution in [0.2, 0.25) is 0 Å². The minimum Gasteiger partial charge on any atom is -0.487 e. The van der Waals surface area contributed by atoms with Crippen LogP contribution in [0.4, 0.5) is 0 Å². The predicted molar refractivity (Wildman–Crippen MR) is 103 cm³/mol. The van der Waals surface area contributed by atoms with Crippen molar-refractivity contribution < 1.29 is 9.26 Å². The van der Waals surface area contributed by atoms with E-state index in [2.05, 4.69) is 27.4 Å². The smallest absolute Gasteiger partial charge is 0.250 e. The lowest BCUT2D eigenvalue weighted by atomic mass is 10.2. The van der Waals surface area contributed by atoms with Crippen molar-refractivity contribution in [3.63, 3.8) is 0 Å². The topological polar surface area (TPSA) is 73.1 Å². The number of rotatable bonds is 8. The summed E-state index contributed by atoms with van der Waals surface area (Å²) >= 11 is 1.63. The molecule has 26 heavy (non-hydrogen) atoms. The van der Waals surface area contributed by atoms with E-state index in [4.69, 9.17) is 9.26 Å². The Balaban J connectivity index is 1.60. The number of likely N-dealkylation sites (N-methyl/N-ethyl adjacent to an activating group) is 1. The average Bonchev–Trinajstić information content (AvgIpc) is 3.27. The van der Waals surface area contributed by atoms with Crippen molar-refractivity contribution in [1.82, 2.24) is 20.4 Å². The van der Waals surface area contributed by atoms with Gasteiger partial charge in [0.05, 0.1) is 10.7 Å². The maximum Gasteiger partial charge on any atom is 0.250 e. The third kappa shape index (κ3) is 5.24. The highest BCUT2D eigenvalue weighted by Crippen LogP contribution is 2.18. The first-order valence-electron chi connectivity index (χ1n) is 8.44. The van der Waals surface area contributed by atoms with E-state index in [0.29, 0.717) is 24.4 Å². The Morgan fingerprint density at radius 2 is 2.19 bits per heavy atom. The van der Waals surface area contributed by atoms with Gasteiger partial charge in [-0.2, -0.15) is 4.98 Å². The third-order valence-electron chi connectivity index (χ3n) is 3.80. The van der Waals surface area contributed by atoms with Gasteiger partial charge in [0, 0.05) is 23.9 Å². The standard InChI is InChI=1S/C19H22N4O2S/c1-13(20-3)9-18-22-19(25-23-18)8-7-15-5-4-6-17(10-15)24-11-16-12-26-14(2)21-16/h4-8,10,12-13,20H,9,11H2,1-3H3/b8-7+. The molecule has 7 heteroatoms. The molecule has 2 aromatic heterocycles. The van der Waals surface area contributed by atoms with E-state index in [0.717, 1.165) is 28.4 Å². The zero-order valence-corrected chi connectivity index (χ0v) is 15.9. The van der Waals surface area contributed by atoms with E-state index in [-0.39, 0.29) is 0 Å². The van der Waals surface area contributed by atoms with E-state index < -0.39 is 0 Å². The van der Waals surface area contributed by atoms with E-state index in [1.165, 1.54) is 0 Å². The van der Waals surface area contributed by atoms with Crippen molar-refractivity contribution in [2.24, 2.45) is 0 Å². The van der Waals surface area contributed by atoms with E-state index in [9.17, 15) is 0 Å². The third-order valence-corrected chi connectivity index (χ3v) is 4.62. The molecule has 3 aromatic rings. The molecule has 1 atom stereocenters. The number of aromatic nitrogens is 3. The summed E-state index contributed by atoms with van der Waals surface area (Å²) in [4.78, 5) is 8.77. The predicted octanol–water partition coefficient (Wildman–Crippen LogP) is 3.73. The summed E-state index contributed by atoms with van der Waals surface area (Å²) in [5, 5.41) is 10.2. The number of ether oxygens (including phenoxy) is 1. The van der Waals surface area contributed by atoms with Gasteiger partial charge in [-0.1, -0.05) is 17.3 Å². The van der Waals surface area contributed by atoms with Crippen molar-refractivity contribution >= 4 is 23.5 Å². The van der Waals surface area contributed by atoms with Crippen molar-refractivity contribution in [2.75, 3.05) is 7.05 Å². The first-order chi connectivity index (χ1) is 12.6. The Hall–Kier alpha value is -2.51. The van der Waals surface area contributed by atoms with Gasteiger partial charge in [-0.25, -0.2) is 4.98 Å². The van der Waals surface area contributed by atoms with Crippen LogP contribution in [0, 0.1) is 6.92 Å². The van der Waals surface area contributed by atoms with Crippen LogP contribution in [-0.4, -0.2) is 28.2 Å². The van der Waals surface area contributed by atoms with Gasteiger partial charge in [0.2, 0.25) is 0 Å². The Kier molecular flexibility index (Phi) is 6.14. The van der Waals surface area contributed by atoms with Crippen molar-refractivity contribution in [1.29, 1.82) is 0 Å². The molecule has 0 bridgehead atoms. The fourth-order valence-corrected chi connectivity index (χ4v) is 2.90. The second-order valence-corrected chi connectivity index (χ2v) is 7.06. The summed E-state index contributed by atoms with van der Waals surface area (Å²) in [7, 11) is 1.91. The summed E-state index contributed by atoms with van der Waals surface area (Å²) in [6.07, 6.45) is 4.47. The molecule has 1 aromatic carbocycles. The van der Waals surface area contributed by atoms with Crippen LogP contribution < -0.4 is 10.1 Å². The van der Waals surface area contributed by atoms with Crippen molar-refractivity contribution in [3.05, 3.63) is 57.6 Å². The van der Waals surface area contributed by atoms with Gasteiger partial charge in [0.1, 0.15) is 12.4 Å². The fraction of sp³-hybridized carbons (Fsp3) is 0.316. The van der Waals surface area contributed by atoms with E-state index >= 15 is 0 Å². The SMILES string of the molecule is CNC(C)Cc1noc(/C=C/c2cccc(OCc3csc(C)n3)c2)n1. The summed E-state index contributed by atoms with van der Waals surface area (Å²) in [5.41, 5.74) is 1.95. The lowest BCUT2D eigenvalue weighted by Gasteiger charge is -2.05. The van der Waals surface area contributed by atoms with Crippen LogP contribution in [0.5, 0.6) is 5.75 Å². The molecule has 0 saturated heterocycles. The number of benzene rings is 1. The Morgan fingerprint density at radius 1 is 1.31 bits per heavy atom. The lowest BCUT2D eigenvalue weighted by Crippen LogP contribution is -2.24. The molecule has 136 valence electrons. The maximum absolute atomic E-state index is 5.81. The van der Waals surface area contributed by atoms with Gasteiger partial charge in [-0.05, 0) is 44.7 Å². The highest BCUT2D eigenvalue weighted by atomic mass is 32.1. The molecule has 1 N–H and O–H groups in total. The molecule has 2 heterocycles. The molecule has 0 radical (unpaired) electrons. The van der Waals surface area contributed by atoms with Crippen LogP contribution in [0.3, 0.4) is 0 Å². The summed E-state index contributed by atoms with van der Waals surface area (Å²) in [6.45, 7) is 4.53. The molecule has 0 amide bonds. The zero-order chi connectivity index (χ0) is 18.4. The number of hydrogen-bond acceptors (Lipinski definition) is 7. The quantitative estimate of drug-likeness (QED) is 0.651. The van der Waals surface area contributed by atoms with Gasteiger partial charge in [-0.15, -0.1) is 11.3 Å². The maximum atomic E-state index is 5.81. The molecule has 3 rings (SSSR count). The molecule has 0 fully saturated rings. The van der Waals surface area contributed by atoms with Crippen LogP contribution >= 0.6 is 11.3 Å². The highest BCUT2D eigenvalue weighted by molar-refractivity contribution is 7.09. The number of nitrogens with one attached hydrogen (secondary N) is 1. The average molecular weight is 370 g/mol. The van der Waals surface area contributed by atoms with E-state index in [1.807, 2.05) is 55.8 Å². The second kappa shape index (κ2) is 8.73. The van der Waals surface area contributed by atoms with Gasteiger partial charge >= 0.3 is 0 Å².